The molecule has 3 heteroatoms. The minimum Gasteiger partial charge on any atom is -0.383 e. The van der Waals surface area contributed by atoms with E-state index >= 15 is 0 Å². The number of nitrogens with one attached hydrogen (secondary N) is 1. The summed E-state index contributed by atoms with van der Waals surface area (Å²) in [7, 11) is 1.94. The number of hydrogen-bond donors (Lipinski definition) is 2. The van der Waals surface area contributed by atoms with E-state index < -0.39 is 0 Å². The molecule has 1 unspecified atom stereocenters. The predicted octanol–water partition coefficient (Wildman–Crippen LogP) is 3.13. The van der Waals surface area contributed by atoms with Gasteiger partial charge in [-0.3, -0.25) is 0 Å². The summed E-state index contributed by atoms with van der Waals surface area (Å²) in [5.74, 6) is 0.569. The molecule has 1 heterocycles. The van der Waals surface area contributed by atoms with E-state index in [-0.39, 0.29) is 6.04 Å². The van der Waals surface area contributed by atoms with Gasteiger partial charge in [0, 0.05) is 11.8 Å². The maximum Gasteiger partial charge on any atom is 0.128 e. The largest absolute Gasteiger partial charge is 0.383 e. The Kier molecular flexibility index (Phi) is 3.35. The Morgan fingerprint density at radius 1 is 1.00 bits per heavy atom. The quantitative estimate of drug-likeness (QED) is 0.763. The number of nitrogen functional groups attached to an aromatic ring is 1. The van der Waals surface area contributed by atoms with Gasteiger partial charge in [0.15, 0.2) is 0 Å². The molecular formula is C17H17N3. The van der Waals surface area contributed by atoms with Gasteiger partial charge in [-0.25, -0.2) is 4.98 Å². The van der Waals surface area contributed by atoms with Crippen LogP contribution >= 0.6 is 0 Å². The Balaban J connectivity index is 2.10. The first kappa shape index (κ1) is 12.6. The van der Waals surface area contributed by atoms with Crippen molar-refractivity contribution in [2.45, 2.75) is 6.04 Å². The molecule has 0 radical (unpaired) electrons. The standard InChI is InChI=1S/C17H17N3/c1-19-16(15-7-4-10-20-17(15)18)14-9-8-12-5-2-3-6-13(12)11-14/h2-11,16,19H,1H3,(H2,18,20). The molecule has 0 spiro atoms. The van der Waals surface area contributed by atoms with Crippen LogP contribution in [0.2, 0.25) is 0 Å². The van der Waals surface area contributed by atoms with E-state index in [9.17, 15) is 0 Å². The van der Waals surface area contributed by atoms with Crippen molar-refractivity contribution >= 4 is 16.6 Å². The Labute approximate surface area is 118 Å². The van der Waals surface area contributed by atoms with E-state index in [0.29, 0.717) is 5.82 Å². The zero-order chi connectivity index (χ0) is 13.9. The second-order valence-electron chi connectivity index (χ2n) is 4.81. The smallest absolute Gasteiger partial charge is 0.128 e. The first-order valence-electron chi connectivity index (χ1n) is 6.66. The molecule has 0 aliphatic carbocycles. The molecule has 0 aliphatic rings. The van der Waals surface area contributed by atoms with Crippen LogP contribution < -0.4 is 11.1 Å². The van der Waals surface area contributed by atoms with Gasteiger partial charge in [0.05, 0.1) is 6.04 Å². The molecule has 2 aromatic carbocycles. The molecular weight excluding hydrogens is 246 g/mol. The number of fused-ring (bicyclic) bond motifs is 1. The maximum atomic E-state index is 6.00. The van der Waals surface area contributed by atoms with Crippen molar-refractivity contribution in [3.63, 3.8) is 0 Å². The summed E-state index contributed by atoms with van der Waals surface area (Å²) >= 11 is 0. The Hall–Kier alpha value is -2.39. The molecule has 0 saturated carbocycles. The topological polar surface area (TPSA) is 50.9 Å². The van der Waals surface area contributed by atoms with Gasteiger partial charge < -0.3 is 11.1 Å². The molecule has 1 atom stereocenters. The highest BCUT2D eigenvalue weighted by Crippen LogP contribution is 2.27. The molecule has 3 nitrogen and oxygen atoms in total. The molecule has 0 saturated heterocycles. The summed E-state index contributed by atoms with van der Waals surface area (Å²) in [4.78, 5) is 4.17. The van der Waals surface area contributed by atoms with Crippen LogP contribution in [0.5, 0.6) is 0 Å². The zero-order valence-electron chi connectivity index (χ0n) is 11.4. The summed E-state index contributed by atoms with van der Waals surface area (Å²) < 4.78 is 0. The van der Waals surface area contributed by atoms with Crippen LogP contribution in [0, 0.1) is 0 Å². The van der Waals surface area contributed by atoms with Crippen LogP contribution in [0.4, 0.5) is 5.82 Å². The van der Waals surface area contributed by atoms with Crippen molar-refractivity contribution in [3.8, 4) is 0 Å². The monoisotopic (exact) mass is 263 g/mol. The number of rotatable bonds is 3. The van der Waals surface area contributed by atoms with Crippen LogP contribution in [0.15, 0.2) is 60.8 Å². The zero-order valence-corrected chi connectivity index (χ0v) is 11.4. The van der Waals surface area contributed by atoms with Crippen molar-refractivity contribution in [1.82, 2.24) is 10.3 Å². The van der Waals surface area contributed by atoms with E-state index in [0.717, 1.165) is 5.56 Å². The molecule has 0 aliphatic heterocycles. The predicted molar refractivity (Wildman–Crippen MR) is 83.5 cm³/mol. The molecule has 3 aromatic rings. The van der Waals surface area contributed by atoms with E-state index in [2.05, 4.69) is 52.8 Å². The average molecular weight is 263 g/mol. The number of hydrogen-bond acceptors (Lipinski definition) is 3. The number of aromatic nitrogens is 1. The lowest BCUT2D eigenvalue weighted by atomic mass is 9.97. The summed E-state index contributed by atoms with van der Waals surface area (Å²) in [6.07, 6.45) is 1.71. The third kappa shape index (κ3) is 2.24. The maximum absolute atomic E-state index is 6.00. The normalized spacial score (nSPS) is 12.4. The Morgan fingerprint density at radius 2 is 1.80 bits per heavy atom. The van der Waals surface area contributed by atoms with Gasteiger partial charge in [0.2, 0.25) is 0 Å². The lowest BCUT2D eigenvalue weighted by Crippen LogP contribution is -2.19. The van der Waals surface area contributed by atoms with Crippen molar-refractivity contribution in [2.75, 3.05) is 12.8 Å². The van der Waals surface area contributed by atoms with Gasteiger partial charge in [-0.2, -0.15) is 0 Å². The van der Waals surface area contributed by atoms with E-state index in [4.69, 9.17) is 5.73 Å². The molecule has 0 fully saturated rings. The fourth-order valence-corrected chi connectivity index (χ4v) is 2.56. The minimum atomic E-state index is 0.0494. The molecule has 0 bridgehead atoms. The second kappa shape index (κ2) is 5.31. The molecule has 3 rings (SSSR count). The third-order valence-corrected chi connectivity index (χ3v) is 3.58. The van der Waals surface area contributed by atoms with Crippen molar-refractivity contribution in [2.24, 2.45) is 0 Å². The number of nitrogens with zero attached hydrogens (tertiary/aromatic N) is 1. The molecule has 20 heavy (non-hydrogen) atoms. The van der Waals surface area contributed by atoms with Crippen LogP contribution in [-0.2, 0) is 0 Å². The van der Waals surface area contributed by atoms with Gasteiger partial charge in [0.1, 0.15) is 5.82 Å². The highest BCUT2D eigenvalue weighted by Gasteiger charge is 2.15. The SMILES string of the molecule is CNC(c1ccc2ccccc2c1)c1cccnc1N. The lowest BCUT2D eigenvalue weighted by Gasteiger charge is -2.19. The fourth-order valence-electron chi connectivity index (χ4n) is 2.56. The fraction of sp³-hybridized carbons (Fsp3) is 0.118. The van der Waals surface area contributed by atoms with E-state index in [1.807, 2.05) is 19.2 Å². The summed E-state index contributed by atoms with van der Waals surface area (Å²) in [5, 5.41) is 5.79. The summed E-state index contributed by atoms with van der Waals surface area (Å²) in [5.41, 5.74) is 8.19. The van der Waals surface area contributed by atoms with Crippen molar-refractivity contribution in [1.29, 1.82) is 0 Å². The van der Waals surface area contributed by atoms with Crippen LogP contribution in [0.25, 0.3) is 10.8 Å². The minimum absolute atomic E-state index is 0.0494. The molecule has 1 aromatic heterocycles. The summed E-state index contributed by atoms with van der Waals surface area (Å²) in [6, 6.07) is 18.8. The number of anilines is 1. The molecule has 0 amide bonds. The Morgan fingerprint density at radius 3 is 2.55 bits per heavy atom. The van der Waals surface area contributed by atoms with Crippen molar-refractivity contribution < 1.29 is 0 Å². The summed E-state index contributed by atoms with van der Waals surface area (Å²) in [6.45, 7) is 0. The van der Waals surface area contributed by atoms with Gasteiger partial charge in [0.25, 0.3) is 0 Å². The lowest BCUT2D eigenvalue weighted by molar-refractivity contribution is 0.692. The second-order valence-corrected chi connectivity index (χ2v) is 4.81. The number of benzene rings is 2. The highest BCUT2D eigenvalue weighted by molar-refractivity contribution is 5.83. The highest BCUT2D eigenvalue weighted by atomic mass is 14.9. The van der Waals surface area contributed by atoms with E-state index in [1.165, 1.54) is 16.3 Å². The number of pyridine rings is 1. The average Bonchev–Trinajstić information content (AvgIpc) is 2.50. The van der Waals surface area contributed by atoms with Gasteiger partial charge >= 0.3 is 0 Å². The third-order valence-electron chi connectivity index (χ3n) is 3.58. The van der Waals surface area contributed by atoms with Crippen LogP contribution in [-0.4, -0.2) is 12.0 Å². The van der Waals surface area contributed by atoms with Crippen LogP contribution in [0.3, 0.4) is 0 Å². The van der Waals surface area contributed by atoms with Gasteiger partial charge in [-0.15, -0.1) is 0 Å². The van der Waals surface area contributed by atoms with Crippen molar-refractivity contribution in [3.05, 3.63) is 71.9 Å². The molecule has 100 valence electrons. The van der Waals surface area contributed by atoms with Gasteiger partial charge in [-0.05, 0) is 35.5 Å². The first-order chi connectivity index (χ1) is 9.79. The first-order valence-corrected chi connectivity index (χ1v) is 6.66. The Bertz CT molecular complexity index is 737. The number of nitrogens with two attached hydrogens (primary N) is 1. The molecule has 3 N–H and O–H groups in total. The van der Waals surface area contributed by atoms with Gasteiger partial charge in [-0.1, -0.05) is 42.5 Å². The van der Waals surface area contributed by atoms with Crippen LogP contribution in [0.1, 0.15) is 17.2 Å². The van der Waals surface area contributed by atoms with E-state index in [1.54, 1.807) is 6.20 Å².